The van der Waals surface area contributed by atoms with Gasteiger partial charge in [0.05, 0.1) is 6.61 Å². The summed E-state index contributed by atoms with van der Waals surface area (Å²) in [5, 5.41) is 9.60. The van der Waals surface area contributed by atoms with Crippen molar-refractivity contribution < 1.29 is 24.2 Å². The van der Waals surface area contributed by atoms with Crippen molar-refractivity contribution in [1.82, 2.24) is 0 Å². The molecule has 0 spiro atoms. The van der Waals surface area contributed by atoms with E-state index in [9.17, 15) is 14.7 Å². The minimum absolute atomic E-state index is 0.0903. The van der Waals surface area contributed by atoms with Crippen molar-refractivity contribution in [3.8, 4) is 0 Å². The van der Waals surface area contributed by atoms with Gasteiger partial charge in [-0.3, -0.25) is 9.59 Å². The fourth-order valence-electron chi connectivity index (χ4n) is 5.84. The second kappa shape index (κ2) is 47.7. The molecule has 0 aromatic carbocycles. The second-order valence-corrected chi connectivity index (χ2v) is 14.7. The van der Waals surface area contributed by atoms with Crippen LogP contribution in [0.25, 0.3) is 0 Å². The van der Waals surface area contributed by atoms with E-state index in [0.717, 1.165) is 122 Å². The van der Waals surface area contributed by atoms with Gasteiger partial charge >= 0.3 is 11.9 Å². The quantitative estimate of drug-likeness (QED) is 0.0380. The summed E-state index contributed by atoms with van der Waals surface area (Å²) < 4.78 is 10.6. The van der Waals surface area contributed by atoms with Crippen LogP contribution in [0.1, 0.15) is 181 Å². The van der Waals surface area contributed by atoms with Crippen LogP contribution in [0.4, 0.5) is 0 Å². The van der Waals surface area contributed by atoms with Crippen LogP contribution in [-0.4, -0.2) is 36.4 Å². The van der Waals surface area contributed by atoms with Crippen LogP contribution in [0, 0.1) is 0 Å². The molecule has 0 saturated carbocycles. The molecule has 0 amide bonds. The highest BCUT2D eigenvalue weighted by Crippen LogP contribution is 2.12. The average molecular weight is 801 g/mol. The van der Waals surface area contributed by atoms with E-state index in [-0.39, 0.29) is 25.2 Å². The topological polar surface area (TPSA) is 72.8 Å². The summed E-state index contributed by atoms with van der Waals surface area (Å²) in [6, 6.07) is 0. The summed E-state index contributed by atoms with van der Waals surface area (Å²) >= 11 is 0. The van der Waals surface area contributed by atoms with E-state index in [1.807, 2.05) is 0 Å². The maximum absolute atomic E-state index is 12.2. The third kappa shape index (κ3) is 45.0. The fraction of sp³-hybridized carbons (Fsp3) is 0.585. The normalized spacial score (nSPS) is 13.4. The minimum Gasteiger partial charge on any atom is -0.462 e. The third-order valence-corrected chi connectivity index (χ3v) is 9.25. The summed E-state index contributed by atoms with van der Waals surface area (Å²) in [6.45, 7) is 3.87. The van der Waals surface area contributed by atoms with Gasteiger partial charge in [-0.15, -0.1) is 0 Å². The van der Waals surface area contributed by atoms with Crippen molar-refractivity contribution in [2.75, 3.05) is 13.2 Å². The van der Waals surface area contributed by atoms with E-state index in [4.69, 9.17) is 9.47 Å². The van der Waals surface area contributed by atoms with E-state index < -0.39 is 6.10 Å². The molecule has 1 unspecified atom stereocenters. The molecule has 1 N–H and O–H groups in total. The first-order valence-electron chi connectivity index (χ1n) is 23.1. The molecule has 1 atom stereocenters. The van der Waals surface area contributed by atoms with Crippen LogP contribution in [0.2, 0.25) is 0 Å². The Hall–Kier alpha value is -3.70. The van der Waals surface area contributed by atoms with Crippen LogP contribution >= 0.6 is 0 Å². The van der Waals surface area contributed by atoms with Crippen molar-refractivity contribution in [2.45, 2.75) is 187 Å². The molecule has 5 nitrogen and oxygen atoms in total. The van der Waals surface area contributed by atoms with Gasteiger partial charge in [-0.05, 0) is 103 Å². The van der Waals surface area contributed by atoms with Gasteiger partial charge in [0.2, 0.25) is 0 Å². The van der Waals surface area contributed by atoms with Crippen LogP contribution in [0.5, 0.6) is 0 Å². The first-order valence-corrected chi connectivity index (χ1v) is 23.1. The monoisotopic (exact) mass is 801 g/mol. The number of ether oxygens (including phenoxy) is 2. The lowest BCUT2D eigenvalue weighted by molar-refractivity contribution is -0.161. The van der Waals surface area contributed by atoms with Gasteiger partial charge < -0.3 is 14.6 Å². The number of aliphatic hydroxyl groups excluding tert-OH is 1. The molecular weight excluding hydrogens is 717 g/mol. The van der Waals surface area contributed by atoms with E-state index in [1.54, 1.807) is 0 Å². The van der Waals surface area contributed by atoms with E-state index in [1.165, 1.54) is 32.1 Å². The second-order valence-electron chi connectivity index (χ2n) is 14.7. The van der Waals surface area contributed by atoms with Crippen LogP contribution in [-0.2, 0) is 19.1 Å². The first kappa shape index (κ1) is 54.3. The van der Waals surface area contributed by atoms with E-state index >= 15 is 0 Å². The van der Waals surface area contributed by atoms with Crippen LogP contribution in [0.3, 0.4) is 0 Å². The van der Waals surface area contributed by atoms with Crippen molar-refractivity contribution in [3.05, 3.63) is 122 Å². The number of hydrogen-bond donors (Lipinski definition) is 1. The maximum Gasteiger partial charge on any atom is 0.306 e. The Morgan fingerprint density at radius 2 is 0.690 bits per heavy atom. The molecule has 0 aromatic rings. The number of esters is 2. The zero-order valence-corrected chi connectivity index (χ0v) is 37.0. The summed E-state index contributed by atoms with van der Waals surface area (Å²) in [4.78, 5) is 24.4. The molecule has 0 aromatic heterocycles. The zero-order valence-electron chi connectivity index (χ0n) is 37.0. The zero-order chi connectivity index (χ0) is 42.1. The predicted molar refractivity (Wildman–Crippen MR) is 251 cm³/mol. The highest BCUT2D eigenvalue weighted by molar-refractivity contribution is 5.70. The van der Waals surface area contributed by atoms with Gasteiger partial charge in [-0.1, -0.05) is 187 Å². The standard InChI is InChI=1S/C53H84O5/c1-3-5-7-9-11-13-15-17-19-21-22-23-24-25-26-27-28-29-30-32-34-36-38-40-42-44-46-48-53(56)58-51(49-54)50-57-52(55)47-45-43-41-39-37-35-33-31-20-18-16-14-12-10-8-6-4-2/h5-8,11-14,17-20,22-23,25-26,28-29,33,35,51,54H,3-4,9-10,15-16,21,24,27,30-32,34,36-50H2,1-2H3/b7-5-,8-6-,13-11-,14-12-,19-17-,20-18-,23-22-,26-25-,29-28-,35-33-. The highest BCUT2D eigenvalue weighted by atomic mass is 16.6. The summed E-state index contributed by atoms with van der Waals surface area (Å²) in [5.41, 5.74) is 0. The summed E-state index contributed by atoms with van der Waals surface area (Å²) in [5.74, 6) is -0.639. The Labute approximate surface area is 356 Å². The van der Waals surface area contributed by atoms with Crippen molar-refractivity contribution >= 4 is 11.9 Å². The Morgan fingerprint density at radius 1 is 0.397 bits per heavy atom. The average Bonchev–Trinajstić information content (AvgIpc) is 3.23. The molecule has 0 radical (unpaired) electrons. The lowest BCUT2D eigenvalue weighted by Crippen LogP contribution is -2.28. The number of aliphatic hydroxyl groups is 1. The van der Waals surface area contributed by atoms with Crippen LogP contribution < -0.4 is 0 Å². The molecule has 0 aliphatic heterocycles. The Bertz CT molecular complexity index is 1220. The Balaban J connectivity index is 3.64. The molecule has 0 saturated heterocycles. The van der Waals surface area contributed by atoms with Gasteiger partial charge in [-0.2, -0.15) is 0 Å². The van der Waals surface area contributed by atoms with E-state index in [0.29, 0.717) is 12.8 Å². The molecule has 0 heterocycles. The van der Waals surface area contributed by atoms with E-state index in [2.05, 4.69) is 135 Å². The molecule has 5 heteroatoms. The SMILES string of the molecule is CC/C=C\C/C=C\C/C=C\C/C=C\C/C=C\C/C=C\CCCCCCCCCCC(=O)OC(CO)COC(=O)CCCCCC/C=C\C/C=C\C/C=C\C/C=C\CC. The van der Waals surface area contributed by atoms with Gasteiger partial charge in [0.25, 0.3) is 0 Å². The molecule has 0 bridgehead atoms. The molecule has 0 rings (SSSR count). The molecule has 0 aliphatic carbocycles. The van der Waals surface area contributed by atoms with Gasteiger partial charge in [-0.25, -0.2) is 0 Å². The smallest absolute Gasteiger partial charge is 0.306 e. The Kier molecular flexibility index (Phi) is 44.6. The lowest BCUT2D eigenvalue weighted by atomic mass is 10.1. The number of carbonyl (C=O) groups excluding carboxylic acids is 2. The molecule has 0 aliphatic rings. The van der Waals surface area contributed by atoms with Crippen LogP contribution in [0.15, 0.2) is 122 Å². The fourth-order valence-corrected chi connectivity index (χ4v) is 5.84. The first-order chi connectivity index (χ1) is 28.6. The molecular formula is C53H84O5. The number of rotatable bonds is 40. The number of unbranched alkanes of at least 4 members (excludes halogenated alkanes) is 12. The van der Waals surface area contributed by atoms with Gasteiger partial charge in [0.1, 0.15) is 6.61 Å². The minimum atomic E-state index is -0.796. The summed E-state index contributed by atoms with van der Waals surface area (Å²) in [6.07, 6.45) is 69.8. The van der Waals surface area contributed by atoms with Gasteiger partial charge in [0, 0.05) is 12.8 Å². The number of hydrogen-bond acceptors (Lipinski definition) is 5. The summed E-state index contributed by atoms with van der Waals surface area (Å²) in [7, 11) is 0. The van der Waals surface area contributed by atoms with Crippen molar-refractivity contribution in [2.24, 2.45) is 0 Å². The Morgan fingerprint density at radius 3 is 1.03 bits per heavy atom. The lowest BCUT2D eigenvalue weighted by Gasteiger charge is -2.15. The predicted octanol–water partition coefficient (Wildman–Crippen LogP) is 15.2. The van der Waals surface area contributed by atoms with Crippen molar-refractivity contribution in [1.29, 1.82) is 0 Å². The number of allylic oxidation sites excluding steroid dienone is 20. The van der Waals surface area contributed by atoms with Crippen molar-refractivity contribution in [3.63, 3.8) is 0 Å². The van der Waals surface area contributed by atoms with Gasteiger partial charge in [0.15, 0.2) is 6.10 Å². The highest BCUT2D eigenvalue weighted by Gasteiger charge is 2.16. The molecule has 0 fully saturated rings. The maximum atomic E-state index is 12.2. The molecule has 58 heavy (non-hydrogen) atoms. The number of carbonyl (C=O) groups is 2. The molecule has 326 valence electrons. The largest absolute Gasteiger partial charge is 0.462 e. The third-order valence-electron chi connectivity index (χ3n) is 9.25.